The Morgan fingerprint density at radius 1 is 1.32 bits per heavy atom. The molecule has 1 aliphatic heterocycles. The minimum absolute atomic E-state index is 0.437. The molecular formula is C13H23N5O3S. The molecular weight excluding hydrogens is 306 g/mol. The summed E-state index contributed by atoms with van der Waals surface area (Å²) in [4.78, 5) is 6.53. The minimum Gasteiger partial charge on any atom is -0.379 e. The molecule has 0 unspecified atom stereocenters. The summed E-state index contributed by atoms with van der Waals surface area (Å²) >= 11 is 0. The highest BCUT2D eigenvalue weighted by atomic mass is 32.2. The molecule has 0 spiro atoms. The van der Waals surface area contributed by atoms with Gasteiger partial charge in [-0.1, -0.05) is 0 Å². The van der Waals surface area contributed by atoms with E-state index in [1.807, 2.05) is 0 Å². The Labute approximate surface area is 131 Å². The molecule has 1 aromatic heterocycles. The molecule has 0 atom stereocenters. The molecule has 8 nitrogen and oxygen atoms in total. The second-order valence-corrected chi connectivity index (χ2v) is 7.09. The third-order valence-corrected chi connectivity index (χ3v) is 4.78. The summed E-state index contributed by atoms with van der Waals surface area (Å²) in [6.07, 6.45) is 1.50. The Hall–Kier alpha value is -1.42. The maximum absolute atomic E-state index is 11.7. The average molecular weight is 329 g/mol. The third kappa shape index (κ3) is 5.09. The summed E-state index contributed by atoms with van der Waals surface area (Å²) in [6.45, 7) is 5.22. The van der Waals surface area contributed by atoms with Crippen LogP contribution in [0, 0.1) is 0 Å². The summed E-state index contributed by atoms with van der Waals surface area (Å²) in [5.74, 6) is 0.723. The van der Waals surface area contributed by atoms with Crippen molar-refractivity contribution >= 4 is 21.7 Å². The number of nitrogens with zero attached hydrogens (tertiary/aromatic N) is 3. The Morgan fingerprint density at radius 3 is 2.64 bits per heavy atom. The quantitative estimate of drug-likeness (QED) is 0.735. The normalized spacial score (nSPS) is 16.7. The van der Waals surface area contributed by atoms with E-state index >= 15 is 0 Å². The second-order valence-electron chi connectivity index (χ2n) is 5.20. The Morgan fingerprint density at radius 2 is 2.05 bits per heavy atom. The molecule has 1 aliphatic rings. The lowest BCUT2D eigenvalue weighted by Gasteiger charge is -2.26. The van der Waals surface area contributed by atoms with Crippen molar-refractivity contribution < 1.29 is 13.2 Å². The van der Waals surface area contributed by atoms with E-state index in [0.717, 1.165) is 49.5 Å². The summed E-state index contributed by atoms with van der Waals surface area (Å²) < 4.78 is 32.2. The molecule has 2 N–H and O–H groups in total. The summed E-state index contributed by atoms with van der Waals surface area (Å²) in [7, 11) is -0.552. The van der Waals surface area contributed by atoms with E-state index in [1.165, 1.54) is 20.3 Å². The molecule has 22 heavy (non-hydrogen) atoms. The van der Waals surface area contributed by atoms with Crippen LogP contribution in [0.5, 0.6) is 0 Å². The van der Waals surface area contributed by atoms with Gasteiger partial charge in [0.25, 0.3) is 0 Å². The standard InChI is InChI=1S/C13H23N5O3S/c1-17(2)22(19,20)16-12-3-4-13(15-11-12)14-5-6-18-7-9-21-10-8-18/h3-4,11,16H,5-10H2,1-2H3,(H,14,15). The lowest BCUT2D eigenvalue weighted by atomic mass is 10.4. The Balaban J connectivity index is 1.79. The molecule has 0 aliphatic carbocycles. The first-order valence-corrected chi connectivity index (χ1v) is 8.62. The van der Waals surface area contributed by atoms with Gasteiger partial charge in [0.15, 0.2) is 0 Å². The molecule has 124 valence electrons. The van der Waals surface area contributed by atoms with Crippen LogP contribution in [0.3, 0.4) is 0 Å². The van der Waals surface area contributed by atoms with E-state index in [4.69, 9.17) is 4.74 Å². The van der Waals surface area contributed by atoms with Crippen LogP contribution < -0.4 is 10.0 Å². The van der Waals surface area contributed by atoms with Crippen LogP contribution in [0.25, 0.3) is 0 Å². The zero-order chi connectivity index (χ0) is 16.0. The highest BCUT2D eigenvalue weighted by Gasteiger charge is 2.13. The first-order valence-electron chi connectivity index (χ1n) is 7.18. The predicted octanol–water partition coefficient (Wildman–Crippen LogP) is 0.0440. The molecule has 0 radical (unpaired) electrons. The van der Waals surface area contributed by atoms with Crippen LogP contribution in [0.15, 0.2) is 18.3 Å². The fourth-order valence-electron chi connectivity index (χ4n) is 1.97. The topological polar surface area (TPSA) is 86.8 Å². The average Bonchev–Trinajstić information content (AvgIpc) is 2.50. The van der Waals surface area contributed by atoms with Gasteiger partial charge in [-0.25, -0.2) is 4.98 Å². The Kier molecular flexibility index (Phi) is 5.95. The third-order valence-electron chi connectivity index (χ3n) is 3.33. The number of rotatable bonds is 7. The zero-order valence-corrected chi connectivity index (χ0v) is 13.8. The Bertz CT molecular complexity index is 556. The first kappa shape index (κ1) is 16.9. The van der Waals surface area contributed by atoms with Crippen molar-refractivity contribution in [2.24, 2.45) is 0 Å². The highest BCUT2D eigenvalue weighted by molar-refractivity contribution is 7.90. The predicted molar refractivity (Wildman–Crippen MR) is 86.2 cm³/mol. The molecule has 0 amide bonds. The lowest BCUT2D eigenvalue weighted by Crippen LogP contribution is -2.39. The number of hydrogen-bond acceptors (Lipinski definition) is 6. The number of pyridine rings is 1. The van der Waals surface area contributed by atoms with Gasteiger partial charge in [-0.05, 0) is 12.1 Å². The monoisotopic (exact) mass is 329 g/mol. The number of ether oxygens (including phenoxy) is 1. The summed E-state index contributed by atoms with van der Waals surface area (Å²) in [6, 6.07) is 3.44. The molecule has 2 rings (SSSR count). The van der Waals surface area contributed by atoms with Gasteiger partial charge in [-0.2, -0.15) is 12.7 Å². The molecule has 2 heterocycles. The van der Waals surface area contributed by atoms with E-state index in [2.05, 4.69) is 19.9 Å². The van der Waals surface area contributed by atoms with Gasteiger partial charge in [-0.15, -0.1) is 0 Å². The smallest absolute Gasteiger partial charge is 0.301 e. The van der Waals surface area contributed by atoms with Crippen LogP contribution in [-0.2, 0) is 14.9 Å². The van der Waals surface area contributed by atoms with Crippen molar-refractivity contribution in [1.29, 1.82) is 0 Å². The van der Waals surface area contributed by atoms with E-state index in [9.17, 15) is 8.42 Å². The maximum Gasteiger partial charge on any atom is 0.301 e. The molecule has 1 fully saturated rings. The molecule has 0 aromatic carbocycles. The van der Waals surface area contributed by atoms with Crippen LogP contribution in [0.4, 0.5) is 11.5 Å². The fourth-order valence-corrected chi connectivity index (χ4v) is 2.57. The first-order chi connectivity index (χ1) is 10.5. The SMILES string of the molecule is CN(C)S(=O)(=O)Nc1ccc(NCCN2CCOCC2)nc1. The number of hydrogen-bond donors (Lipinski definition) is 2. The number of anilines is 2. The van der Waals surface area contributed by atoms with Crippen LogP contribution in [0.1, 0.15) is 0 Å². The van der Waals surface area contributed by atoms with Crippen molar-refractivity contribution in [3.63, 3.8) is 0 Å². The van der Waals surface area contributed by atoms with Crippen LogP contribution >= 0.6 is 0 Å². The zero-order valence-electron chi connectivity index (χ0n) is 12.9. The molecule has 0 saturated carbocycles. The maximum atomic E-state index is 11.7. The van der Waals surface area contributed by atoms with Crippen LogP contribution in [-0.4, -0.2) is 76.1 Å². The highest BCUT2D eigenvalue weighted by Crippen LogP contribution is 2.12. The van der Waals surface area contributed by atoms with Gasteiger partial charge in [-0.3, -0.25) is 9.62 Å². The van der Waals surface area contributed by atoms with Crippen molar-refractivity contribution in [2.45, 2.75) is 0 Å². The number of nitrogens with one attached hydrogen (secondary N) is 2. The van der Waals surface area contributed by atoms with Gasteiger partial charge in [0.1, 0.15) is 5.82 Å². The van der Waals surface area contributed by atoms with Gasteiger partial charge in [0.05, 0.1) is 25.1 Å². The molecule has 1 aromatic rings. The van der Waals surface area contributed by atoms with E-state index < -0.39 is 10.2 Å². The van der Waals surface area contributed by atoms with Gasteiger partial charge < -0.3 is 10.1 Å². The van der Waals surface area contributed by atoms with Crippen molar-refractivity contribution in [2.75, 3.05) is 63.5 Å². The van der Waals surface area contributed by atoms with E-state index in [0.29, 0.717) is 5.69 Å². The molecule has 1 saturated heterocycles. The minimum atomic E-state index is -3.49. The van der Waals surface area contributed by atoms with Crippen molar-refractivity contribution in [1.82, 2.24) is 14.2 Å². The van der Waals surface area contributed by atoms with Crippen molar-refractivity contribution in [3.8, 4) is 0 Å². The van der Waals surface area contributed by atoms with Crippen molar-refractivity contribution in [3.05, 3.63) is 18.3 Å². The van der Waals surface area contributed by atoms with Gasteiger partial charge in [0.2, 0.25) is 0 Å². The van der Waals surface area contributed by atoms with E-state index in [1.54, 1.807) is 12.1 Å². The summed E-state index contributed by atoms with van der Waals surface area (Å²) in [5.41, 5.74) is 0.437. The number of morpholine rings is 1. The fraction of sp³-hybridized carbons (Fsp3) is 0.615. The second kappa shape index (κ2) is 7.73. The molecule has 9 heteroatoms. The largest absolute Gasteiger partial charge is 0.379 e. The van der Waals surface area contributed by atoms with Gasteiger partial charge >= 0.3 is 10.2 Å². The van der Waals surface area contributed by atoms with Gasteiger partial charge in [0, 0.05) is 40.3 Å². The lowest BCUT2D eigenvalue weighted by molar-refractivity contribution is 0.0398. The summed E-state index contributed by atoms with van der Waals surface area (Å²) in [5, 5.41) is 3.22. The number of aromatic nitrogens is 1. The van der Waals surface area contributed by atoms with E-state index in [-0.39, 0.29) is 0 Å². The van der Waals surface area contributed by atoms with Crippen LogP contribution in [0.2, 0.25) is 0 Å². The molecule has 0 bridgehead atoms.